The molecule has 12 aromatic heterocycles. The Hall–Kier alpha value is -17.4. The van der Waals surface area contributed by atoms with Gasteiger partial charge in [0.25, 0.3) is 0 Å². The molecule has 24 rings (SSSR count). The monoisotopic (exact) mass is 1590 g/mol. The second-order valence-electron chi connectivity index (χ2n) is 30.3. The van der Waals surface area contributed by atoms with E-state index in [-0.39, 0.29) is 0 Å². The topological polar surface area (TPSA) is 211 Å². The molecule has 0 bridgehead atoms. The van der Waals surface area contributed by atoms with Crippen molar-refractivity contribution in [1.29, 1.82) is 0 Å². The van der Waals surface area contributed by atoms with Crippen molar-refractivity contribution < 1.29 is 0 Å². The van der Waals surface area contributed by atoms with Crippen LogP contribution in [0, 0.1) is 0 Å². The maximum Gasteiger partial charge on any atom is 0.165 e. The average Bonchev–Trinajstić information content (AvgIpc) is 1.59. The molecular formula is C106H66N18. The highest BCUT2D eigenvalue weighted by Crippen LogP contribution is 2.43. The Morgan fingerprint density at radius 2 is 0.419 bits per heavy atom. The van der Waals surface area contributed by atoms with Gasteiger partial charge in [-0.1, -0.05) is 164 Å². The van der Waals surface area contributed by atoms with E-state index in [0.717, 1.165) is 144 Å². The fourth-order valence-electron chi connectivity index (χ4n) is 17.0. The van der Waals surface area contributed by atoms with Gasteiger partial charge in [-0.3, -0.25) is 24.9 Å². The van der Waals surface area contributed by atoms with E-state index in [9.17, 15) is 0 Å². The molecule has 24 aromatic rings. The Balaban J connectivity index is 0.000000154. The fourth-order valence-corrected chi connectivity index (χ4v) is 17.0. The summed E-state index contributed by atoms with van der Waals surface area (Å²) in [7, 11) is 0. The lowest BCUT2D eigenvalue weighted by atomic mass is 10.0. The Morgan fingerprint density at radius 3 is 0.758 bits per heavy atom. The first kappa shape index (κ1) is 71.9. The van der Waals surface area contributed by atoms with Gasteiger partial charge in [0.1, 0.15) is 0 Å². The fraction of sp³-hybridized carbons (Fsp3) is 0. The van der Waals surface area contributed by atoms with E-state index < -0.39 is 0 Å². The summed E-state index contributed by atoms with van der Waals surface area (Å²) in [6.07, 6.45) is 17.6. The molecular weight excluding hydrogens is 1530 g/mol. The first-order chi connectivity index (χ1) is 61.4. The van der Waals surface area contributed by atoms with Crippen molar-refractivity contribution in [2.45, 2.75) is 0 Å². The lowest BCUT2D eigenvalue weighted by Crippen LogP contribution is -2.01. The number of aromatic amines is 1. The van der Waals surface area contributed by atoms with Crippen molar-refractivity contribution in [1.82, 2.24) is 88.5 Å². The number of hydrogen-bond acceptors (Lipinski definition) is 14. The van der Waals surface area contributed by atoms with E-state index in [0.29, 0.717) is 52.4 Å². The third-order valence-electron chi connectivity index (χ3n) is 22.8. The molecule has 580 valence electrons. The highest BCUT2D eigenvalue weighted by Gasteiger charge is 2.23. The maximum atomic E-state index is 4.99. The minimum Gasteiger partial charge on any atom is -0.355 e. The Labute approximate surface area is 708 Å². The highest BCUT2D eigenvalue weighted by atomic mass is 15.1. The first-order valence-corrected chi connectivity index (χ1v) is 40.7. The molecule has 0 saturated heterocycles. The number of hydrogen-bond donors (Lipinski definition) is 1. The molecule has 12 aromatic carbocycles. The van der Waals surface area contributed by atoms with Gasteiger partial charge >= 0.3 is 0 Å². The van der Waals surface area contributed by atoms with Gasteiger partial charge in [0.2, 0.25) is 0 Å². The average molecular weight is 1590 g/mol. The van der Waals surface area contributed by atoms with Crippen molar-refractivity contribution >= 4 is 87.2 Å². The summed E-state index contributed by atoms with van der Waals surface area (Å²) in [4.78, 5) is 69.7. The van der Waals surface area contributed by atoms with Crippen LogP contribution in [-0.4, -0.2) is 88.5 Å². The molecule has 1 N–H and O–H groups in total. The Morgan fingerprint density at radius 1 is 0.161 bits per heavy atom. The number of nitrogens with one attached hydrogen (secondary N) is 1. The quantitative estimate of drug-likeness (QED) is 0.107. The second kappa shape index (κ2) is 30.5. The molecule has 124 heavy (non-hydrogen) atoms. The van der Waals surface area contributed by atoms with E-state index in [4.69, 9.17) is 44.9 Å². The van der Waals surface area contributed by atoms with Crippen LogP contribution in [0.2, 0.25) is 0 Å². The summed E-state index contributed by atoms with van der Waals surface area (Å²) in [6, 6.07) is 116. The predicted octanol–water partition coefficient (Wildman–Crippen LogP) is 24.2. The van der Waals surface area contributed by atoms with Crippen molar-refractivity contribution in [2.75, 3.05) is 0 Å². The lowest BCUT2D eigenvalue weighted by molar-refractivity contribution is 1.06. The molecule has 0 atom stereocenters. The molecule has 0 unspecified atom stereocenters. The van der Waals surface area contributed by atoms with Crippen LogP contribution in [-0.2, 0) is 0 Å². The van der Waals surface area contributed by atoms with Crippen LogP contribution in [0.5, 0.6) is 0 Å². The molecule has 12 heterocycles. The van der Waals surface area contributed by atoms with Crippen LogP contribution in [0.25, 0.3) is 229 Å². The van der Waals surface area contributed by atoms with Gasteiger partial charge in [-0.2, -0.15) is 0 Å². The van der Waals surface area contributed by atoms with E-state index in [1.807, 2.05) is 103 Å². The van der Waals surface area contributed by atoms with Crippen LogP contribution in [0.15, 0.2) is 396 Å². The smallest absolute Gasteiger partial charge is 0.165 e. The number of para-hydroxylation sites is 4. The van der Waals surface area contributed by atoms with Crippen LogP contribution >= 0.6 is 0 Å². The van der Waals surface area contributed by atoms with Gasteiger partial charge in [-0.25, -0.2) is 44.9 Å². The van der Waals surface area contributed by atoms with Crippen LogP contribution in [0.1, 0.15) is 0 Å². The van der Waals surface area contributed by atoms with Gasteiger partial charge in [0.15, 0.2) is 52.4 Å². The van der Waals surface area contributed by atoms with Crippen molar-refractivity contribution in [3.05, 3.63) is 396 Å². The molecule has 0 radical (unpaired) electrons. The van der Waals surface area contributed by atoms with Gasteiger partial charge in [-0.05, 0) is 192 Å². The minimum absolute atomic E-state index is 0.539. The number of pyridine rings is 5. The van der Waals surface area contributed by atoms with Crippen molar-refractivity contribution in [3.63, 3.8) is 0 Å². The van der Waals surface area contributed by atoms with E-state index in [1.54, 1.807) is 62.0 Å². The van der Waals surface area contributed by atoms with E-state index >= 15 is 0 Å². The zero-order valence-electron chi connectivity index (χ0n) is 66.1. The van der Waals surface area contributed by atoms with Gasteiger partial charge in [0.05, 0.1) is 33.1 Å². The Bertz CT molecular complexity index is 7780. The molecule has 0 amide bonds. The molecule has 0 spiro atoms. The van der Waals surface area contributed by atoms with Gasteiger partial charge in [-0.15, -0.1) is 0 Å². The summed E-state index contributed by atoms with van der Waals surface area (Å²) in [6.45, 7) is 0. The minimum atomic E-state index is 0.539. The van der Waals surface area contributed by atoms with E-state index in [2.05, 4.69) is 274 Å². The number of H-pyrrole nitrogens is 1. The summed E-state index contributed by atoms with van der Waals surface area (Å²) < 4.78 is 6.98. The first-order valence-electron chi connectivity index (χ1n) is 40.7. The zero-order valence-corrected chi connectivity index (χ0v) is 66.1. The summed E-state index contributed by atoms with van der Waals surface area (Å²) in [5.74, 6) is 5.08. The van der Waals surface area contributed by atoms with Gasteiger partial charge in [0, 0.05) is 183 Å². The highest BCUT2D eigenvalue weighted by molar-refractivity contribution is 6.15. The molecule has 0 aliphatic heterocycles. The van der Waals surface area contributed by atoms with E-state index in [1.165, 1.54) is 32.7 Å². The van der Waals surface area contributed by atoms with Crippen molar-refractivity contribution in [2.24, 2.45) is 0 Å². The number of aromatic nitrogens is 18. The largest absolute Gasteiger partial charge is 0.355 e. The second-order valence-corrected chi connectivity index (χ2v) is 30.3. The van der Waals surface area contributed by atoms with Crippen LogP contribution < -0.4 is 0 Å². The van der Waals surface area contributed by atoms with Crippen molar-refractivity contribution in [3.8, 4) is 142 Å². The van der Waals surface area contributed by atoms with Crippen LogP contribution in [0.4, 0.5) is 0 Å². The molecule has 0 fully saturated rings. The summed E-state index contributed by atoms with van der Waals surface area (Å²) in [5, 5.41) is 9.49. The SMILES string of the molecule is c1ccc(-c2nc(-c3cccnc3)nc(-c3cccc(-n4c5ccccc5c5cc(-c6ccc7[nH]c8ccccc8c7c6)ccc54)c3)n2)cc1.c1cncc(-c2nc(-c3cccnc3)nc(-c3cccc(-n4c5ccccc5c5cc(-c6ccc7c(c6)c6ccccc6n7-c6cccc(-c7nc(-c8cccnc8)nc(-c8cccnc8)n7)c6)ccc54)c3)n2)c1. The van der Waals surface area contributed by atoms with Crippen LogP contribution in [0.3, 0.4) is 0 Å². The number of fused-ring (bicyclic) bond motifs is 12. The summed E-state index contributed by atoms with van der Waals surface area (Å²) >= 11 is 0. The number of benzene rings is 12. The molecule has 0 aliphatic carbocycles. The number of rotatable bonds is 14. The maximum absolute atomic E-state index is 4.99. The third kappa shape index (κ3) is 13.1. The molecule has 18 nitrogen and oxygen atoms in total. The third-order valence-corrected chi connectivity index (χ3v) is 22.8. The number of nitrogens with zero attached hydrogens (tertiary/aromatic N) is 17. The predicted molar refractivity (Wildman–Crippen MR) is 494 cm³/mol. The van der Waals surface area contributed by atoms with Gasteiger partial charge < -0.3 is 18.7 Å². The molecule has 0 aliphatic rings. The zero-order chi connectivity index (χ0) is 82.0. The lowest BCUT2D eigenvalue weighted by Gasteiger charge is -2.12. The molecule has 0 saturated carbocycles. The normalized spacial score (nSPS) is 11.5. The molecule has 18 heteroatoms. The standard InChI is InChI=1S/C62H38N12.C44H28N6/c1-3-21-53-49(19-1)51-33-39(23-25-55(51)73(53)47-17-5-11-41(31-47)57-67-59(43-13-7-27-63-35-43)71-60(68-57)44-14-8-28-64-36-44)40-24-26-56-52(34-40)50-20-2-4-22-54(50)74(56)48-18-6-12-42(32-48)58-69-61(45-15-9-29-65-37-45)72-62(70-58)46-16-10-30-66-38-46;1-2-10-28(11-3-1)42-47-43(49-44(48-42)32-13-9-23-45-27-32)31-12-8-14-33(24-31)50-40-18-7-5-16-35(40)37-26-30(20-22-41(37)50)29-19-21-39-36(25-29)34-15-4-6-17-38(34)46-39/h1-38H;1-27,46H. The summed E-state index contributed by atoms with van der Waals surface area (Å²) in [5.41, 5.74) is 24.2. The Kier molecular flexibility index (Phi) is 17.7.